The number of rotatable bonds is 6. The number of carboxylic acids is 1. The summed E-state index contributed by atoms with van der Waals surface area (Å²) in [6, 6.07) is 14.5. The van der Waals surface area contributed by atoms with Gasteiger partial charge in [0.25, 0.3) is 5.91 Å². The van der Waals surface area contributed by atoms with E-state index >= 15 is 0 Å². The van der Waals surface area contributed by atoms with Crippen LogP contribution < -0.4 is 0 Å². The van der Waals surface area contributed by atoms with Gasteiger partial charge in [0.2, 0.25) is 0 Å². The maximum Gasteiger partial charge on any atom is 0.323 e. The normalized spacial score (nSPS) is 10.6. The van der Waals surface area contributed by atoms with E-state index in [9.17, 15) is 14.7 Å². The number of amides is 1. The van der Waals surface area contributed by atoms with E-state index in [0.29, 0.717) is 10.6 Å². The number of aliphatic carboxylic acids is 1. The third-order valence-electron chi connectivity index (χ3n) is 3.91. The third-order valence-corrected chi connectivity index (χ3v) is 4.28. The van der Waals surface area contributed by atoms with Crippen molar-refractivity contribution in [3.63, 3.8) is 0 Å². The van der Waals surface area contributed by atoms with Crippen LogP contribution in [0, 0.1) is 6.92 Å². The largest absolute Gasteiger partial charge is 0.480 e. The molecule has 0 radical (unpaired) electrons. The number of carbonyl (C=O) groups is 2. The van der Waals surface area contributed by atoms with Crippen molar-refractivity contribution >= 4 is 23.5 Å². The summed E-state index contributed by atoms with van der Waals surface area (Å²) in [7, 11) is 0. The molecule has 0 aliphatic rings. The summed E-state index contributed by atoms with van der Waals surface area (Å²) in [5.41, 5.74) is 2.52. The molecule has 8 heteroatoms. The van der Waals surface area contributed by atoms with Crippen molar-refractivity contribution in [2.45, 2.75) is 13.5 Å². The molecule has 3 rings (SSSR count). The van der Waals surface area contributed by atoms with Crippen molar-refractivity contribution in [2.75, 3.05) is 6.54 Å². The quantitative estimate of drug-likeness (QED) is 0.705. The molecule has 0 saturated carbocycles. The molecule has 0 aliphatic heterocycles. The molecular formula is C19H17ClN4O3. The van der Waals surface area contributed by atoms with Crippen LogP contribution in [0.1, 0.15) is 21.6 Å². The Kier molecular flexibility index (Phi) is 5.52. The zero-order chi connectivity index (χ0) is 19.4. The van der Waals surface area contributed by atoms with Crippen molar-refractivity contribution in [1.82, 2.24) is 19.9 Å². The predicted molar refractivity (Wildman–Crippen MR) is 99.9 cm³/mol. The van der Waals surface area contributed by atoms with Crippen molar-refractivity contribution in [2.24, 2.45) is 0 Å². The summed E-state index contributed by atoms with van der Waals surface area (Å²) in [6.45, 7) is 1.54. The summed E-state index contributed by atoms with van der Waals surface area (Å²) in [5.74, 6) is -1.65. The molecule has 0 spiro atoms. The van der Waals surface area contributed by atoms with E-state index in [0.717, 1.165) is 11.3 Å². The maximum atomic E-state index is 12.8. The first-order valence-corrected chi connectivity index (χ1v) is 8.55. The molecule has 1 amide bonds. The summed E-state index contributed by atoms with van der Waals surface area (Å²) in [4.78, 5) is 25.2. The fraction of sp³-hybridized carbons (Fsp3) is 0.158. The van der Waals surface area contributed by atoms with Gasteiger partial charge in [-0.15, -0.1) is 5.10 Å². The monoisotopic (exact) mass is 384 g/mol. The van der Waals surface area contributed by atoms with Crippen LogP contribution in [0.15, 0.2) is 54.7 Å². The Bertz CT molecular complexity index is 986. The van der Waals surface area contributed by atoms with Gasteiger partial charge >= 0.3 is 5.97 Å². The molecular weight excluding hydrogens is 368 g/mol. The average molecular weight is 385 g/mol. The van der Waals surface area contributed by atoms with Crippen LogP contribution in [0.3, 0.4) is 0 Å². The fourth-order valence-corrected chi connectivity index (χ4v) is 2.81. The average Bonchev–Trinajstić information content (AvgIpc) is 3.12. The predicted octanol–water partition coefficient (Wildman–Crippen LogP) is 2.96. The van der Waals surface area contributed by atoms with Gasteiger partial charge in [0, 0.05) is 11.6 Å². The van der Waals surface area contributed by atoms with E-state index in [-0.39, 0.29) is 12.2 Å². The molecule has 0 bridgehead atoms. The zero-order valence-electron chi connectivity index (χ0n) is 14.5. The molecule has 27 heavy (non-hydrogen) atoms. The fourth-order valence-electron chi connectivity index (χ4n) is 2.62. The highest BCUT2D eigenvalue weighted by molar-refractivity contribution is 6.31. The van der Waals surface area contributed by atoms with E-state index in [1.54, 1.807) is 24.3 Å². The topological polar surface area (TPSA) is 88.3 Å². The van der Waals surface area contributed by atoms with Gasteiger partial charge in [0.05, 0.1) is 11.9 Å². The van der Waals surface area contributed by atoms with Gasteiger partial charge in [0.15, 0.2) is 5.69 Å². The molecule has 0 saturated heterocycles. The highest BCUT2D eigenvalue weighted by atomic mass is 35.5. The number of aromatic nitrogens is 3. The lowest BCUT2D eigenvalue weighted by Crippen LogP contribution is -2.35. The zero-order valence-corrected chi connectivity index (χ0v) is 15.3. The van der Waals surface area contributed by atoms with Gasteiger partial charge in [0.1, 0.15) is 6.54 Å². The van der Waals surface area contributed by atoms with Crippen LogP contribution in [-0.4, -0.2) is 43.4 Å². The highest BCUT2D eigenvalue weighted by Gasteiger charge is 2.22. The van der Waals surface area contributed by atoms with Gasteiger partial charge < -0.3 is 10.0 Å². The van der Waals surface area contributed by atoms with Crippen molar-refractivity contribution in [3.05, 3.63) is 76.6 Å². The van der Waals surface area contributed by atoms with Crippen LogP contribution in [0.2, 0.25) is 5.02 Å². The van der Waals surface area contributed by atoms with Gasteiger partial charge in [-0.1, -0.05) is 47.1 Å². The summed E-state index contributed by atoms with van der Waals surface area (Å²) in [6.07, 6.45) is 1.48. The van der Waals surface area contributed by atoms with Crippen LogP contribution >= 0.6 is 11.6 Å². The van der Waals surface area contributed by atoms with E-state index in [1.165, 1.54) is 15.8 Å². The lowest BCUT2D eigenvalue weighted by Gasteiger charge is -2.20. The molecule has 1 heterocycles. The van der Waals surface area contributed by atoms with E-state index in [2.05, 4.69) is 10.3 Å². The molecule has 0 unspecified atom stereocenters. The van der Waals surface area contributed by atoms with Crippen molar-refractivity contribution in [3.8, 4) is 5.69 Å². The second kappa shape index (κ2) is 8.01. The standard InChI is InChI=1S/C19H17ClN4O3/c1-13-5-4-7-15(9-13)24-11-17(21-22-24)19(27)23(12-18(25)26)10-14-6-2-3-8-16(14)20/h2-9,11H,10,12H2,1H3,(H,25,26). The first kappa shape index (κ1) is 18.6. The Labute approximate surface area is 160 Å². The Morgan fingerprint density at radius 2 is 1.96 bits per heavy atom. The highest BCUT2D eigenvalue weighted by Crippen LogP contribution is 2.18. The molecule has 138 valence electrons. The number of hydrogen-bond donors (Lipinski definition) is 1. The lowest BCUT2D eigenvalue weighted by molar-refractivity contribution is -0.137. The minimum atomic E-state index is -1.12. The minimum Gasteiger partial charge on any atom is -0.480 e. The minimum absolute atomic E-state index is 0.0577. The van der Waals surface area contributed by atoms with Crippen LogP contribution in [0.4, 0.5) is 0 Å². The van der Waals surface area contributed by atoms with Crippen LogP contribution in [-0.2, 0) is 11.3 Å². The Balaban J connectivity index is 1.86. The number of benzene rings is 2. The molecule has 0 aliphatic carbocycles. The Morgan fingerprint density at radius 1 is 1.19 bits per heavy atom. The summed E-state index contributed by atoms with van der Waals surface area (Å²) >= 11 is 6.14. The number of hydrogen-bond acceptors (Lipinski definition) is 4. The van der Waals surface area contributed by atoms with Gasteiger partial charge in [-0.25, -0.2) is 4.68 Å². The van der Waals surface area contributed by atoms with E-state index in [4.69, 9.17) is 11.6 Å². The second-order valence-electron chi connectivity index (χ2n) is 6.03. The van der Waals surface area contributed by atoms with Crippen LogP contribution in [0.5, 0.6) is 0 Å². The Hall–Kier alpha value is -3.19. The molecule has 7 nitrogen and oxygen atoms in total. The van der Waals surface area contributed by atoms with Crippen molar-refractivity contribution < 1.29 is 14.7 Å². The Morgan fingerprint density at radius 3 is 2.67 bits per heavy atom. The number of nitrogens with zero attached hydrogens (tertiary/aromatic N) is 4. The number of carboxylic acid groups (broad SMARTS) is 1. The summed E-state index contributed by atoms with van der Waals surface area (Å²) in [5, 5.41) is 17.5. The van der Waals surface area contributed by atoms with Gasteiger partial charge in [-0.3, -0.25) is 9.59 Å². The van der Waals surface area contributed by atoms with Gasteiger partial charge in [-0.2, -0.15) is 0 Å². The number of aryl methyl sites for hydroxylation is 1. The number of halogens is 1. The summed E-state index contributed by atoms with van der Waals surface area (Å²) < 4.78 is 1.48. The maximum absolute atomic E-state index is 12.8. The molecule has 0 atom stereocenters. The van der Waals surface area contributed by atoms with E-state index < -0.39 is 18.4 Å². The lowest BCUT2D eigenvalue weighted by atomic mass is 10.2. The molecule has 3 aromatic rings. The van der Waals surface area contributed by atoms with E-state index in [1.807, 2.05) is 31.2 Å². The molecule has 2 aromatic carbocycles. The first-order chi connectivity index (χ1) is 12.9. The van der Waals surface area contributed by atoms with Crippen molar-refractivity contribution in [1.29, 1.82) is 0 Å². The van der Waals surface area contributed by atoms with Gasteiger partial charge in [-0.05, 0) is 36.2 Å². The first-order valence-electron chi connectivity index (χ1n) is 8.18. The molecule has 1 N–H and O–H groups in total. The van der Waals surface area contributed by atoms with Crippen LogP contribution in [0.25, 0.3) is 5.69 Å². The second-order valence-corrected chi connectivity index (χ2v) is 6.44. The number of carbonyl (C=O) groups excluding carboxylic acids is 1. The third kappa shape index (κ3) is 4.51. The SMILES string of the molecule is Cc1cccc(-n2cc(C(=O)N(CC(=O)O)Cc3ccccc3Cl)nn2)c1. The smallest absolute Gasteiger partial charge is 0.323 e. The molecule has 0 fully saturated rings. The molecule has 1 aromatic heterocycles.